The lowest BCUT2D eigenvalue weighted by molar-refractivity contribution is -0.0511. The lowest BCUT2D eigenvalue weighted by Crippen LogP contribution is -2.33. The molecule has 1 aliphatic carbocycles. The first kappa shape index (κ1) is 20.3. The molecule has 1 saturated heterocycles. The summed E-state index contributed by atoms with van der Waals surface area (Å²) < 4.78 is 9.05. The molecule has 5 N–H and O–H groups in total. The van der Waals surface area contributed by atoms with Crippen LogP contribution in [0.2, 0.25) is 0 Å². The molecule has 0 aromatic carbocycles. The van der Waals surface area contributed by atoms with Gasteiger partial charge in [0.2, 0.25) is 0 Å². The van der Waals surface area contributed by atoms with Gasteiger partial charge in [0.1, 0.15) is 23.8 Å². The zero-order chi connectivity index (χ0) is 21.5. The third kappa shape index (κ3) is 3.67. The van der Waals surface area contributed by atoms with Crippen LogP contribution in [-0.4, -0.2) is 69.5 Å². The van der Waals surface area contributed by atoms with Crippen molar-refractivity contribution in [1.82, 2.24) is 29.3 Å². The minimum Gasteiger partial charge on any atom is -0.394 e. The van der Waals surface area contributed by atoms with E-state index in [1.165, 1.54) is 43.0 Å². The zero-order valence-electron chi connectivity index (χ0n) is 17.1. The van der Waals surface area contributed by atoms with Gasteiger partial charge in [-0.3, -0.25) is 9.25 Å². The number of anilines is 1. The second-order valence-corrected chi connectivity index (χ2v) is 8.44. The van der Waals surface area contributed by atoms with E-state index < -0.39 is 31.1 Å². The molecule has 0 spiro atoms. The van der Waals surface area contributed by atoms with Crippen LogP contribution in [0.5, 0.6) is 0 Å². The van der Waals surface area contributed by atoms with Crippen molar-refractivity contribution < 1.29 is 20.1 Å². The number of nitrogens with two attached hydrogens (primary N) is 1. The molecular weight excluding hydrogens is 402 g/mol. The van der Waals surface area contributed by atoms with Gasteiger partial charge in [-0.15, -0.1) is 0 Å². The lowest BCUT2D eigenvalue weighted by Gasteiger charge is -2.21. The highest BCUT2D eigenvalue weighted by Crippen LogP contribution is 2.33. The Hall–Kier alpha value is -2.60. The third-order valence-electron chi connectivity index (χ3n) is 6.30. The Morgan fingerprint density at radius 3 is 2.68 bits per heavy atom. The van der Waals surface area contributed by atoms with Crippen molar-refractivity contribution in [2.24, 2.45) is 5.92 Å². The lowest BCUT2D eigenvalue weighted by atomic mass is 9.89. The number of hydrogen-bond donors (Lipinski definition) is 4. The summed E-state index contributed by atoms with van der Waals surface area (Å²) in [7, 11) is 0. The Kier molecular flexibility index (Phi) is 5.34. The van der Waals surface area contributed by atoms with Gasteiger partial charge in [-0.1, -0.05) is 19.3 Å². The molecule has 5 rings (SSSR count). The first-order chi connectivity index (χ1) is 15.0. The van der Waals surface area contributed by atoms with Crippen LogP contribution in [0, 0.1) is 5.92 Å². The van der Waals surface area contributed by atoms with Gasteiger partial charge in [0.15, 0.2) is 23.5 Å². The van der Waals surface area contributed by atoms with Crippen molar-refractivity contribution >= 4 is 17.0 Å². The predicted molar refractivity (Wildman–Crippen MR) is 111 cm³/mol. The van der Waals surface area contributed by atoms with Crippen molar-refractivity contribution in [3.63, 3.8) is 0 Å². The molecule has 3 aromatic rings. The maximum Gasteiger partial charge on any atom is 0.168 e. The molecule has 31 heavy (non-hydrogen) atoms. The second kappa shape index (κ2) is 8.15. The number of ether oxygens (including phenoxy) is 1. The van der Waals surface area contributed by atoms with Gasteiger partial charge in [-0.25, -0.2) is 15.0 Å². The number of fused-ring (bicyclic) bond motifs is 1. The van der Waals surface area contributed by atoms with E-state index in [0.717, 1.165) is 12.1 Å². The number of aliphatic hydroxyl groups excluding tert-OH is 3. The number of imidazole rings is 1. The summed E-state index contributed by atoms with van der Waals surface area (Å²) in [5, 5.41) is 34.3. The predicted octanol–water partition coefficient (Wildman–Crippen LogP) is 0.464. The van der Waals surface area contributed by atoms with Gasteiger partial charge in [0, 0.05) is 12.7 Å². The summed E-state index contributed by atoms with van der Waals surface area (Å²) >= 11 is 0. The molecule has 11 heteroatoms. The first-order valence-corrected chi connectivity index (χ1v) is 10.7. The summed E-state index contributed by atoms with van der Waals surface area (Å²) in [6.07, 6.45) is 7.10. The SMILES string of the molecule is Nc1nc(-c2cnn(CC3CCCCC3)c2)nc2c1ncn2C1OC(CO)[C@@H](O)[C@H]1O. The topological polar surface area (TPSA) is 157 Å². The quantitative estimate of drug-likeness (QED) is 0.452. The van der Waals surface area contributed by atoms with Gasteiger partial charge in [0.25, 0.3) is 0 Å². The Morgan fingerprint density at radius 2 is 1.94 bits per heavy atom. The molecule has 2 fully saturated rings. The smallest absolute Gasteiger partial charge is 0.168 e. The van der Waals surface area contributed by atoms with Gasteiger partial charge in [0.05, 0.1) is 24.7 Å². The van der Waals surface area contributed by atoms with Crippen LogP contribution in [0.15, 0.2) is 18.7 Å². The summed E-state index contributed by atoms with van der Waals surface area (Å²) in [6.45, 7) is 0.460. The van der Waals surface area contributed by atoms with Crippen molar-refractivity contribution in [2.75, 3.05) is 12.3 Å². The summed E-state index contributed by atoms with van der Waals surface area (Å²) in [5.41, 5.74) is 7.61. The van der Waals surface area contributed by atoms with Crippen molar-refractivity contribution in [3.8, 4) is 11.4 Å². The largest absolute Gasteiger partial charge is 0.394 e. The standard InChI is InChI=1S/C20H27N7O4/c21-17-14-19(27(10-22-14)20-16(30)15(29)13(9-28)31-20)25-18(24-17)12-6-23-26(8-12)7-11-4-2-1-3-5-11/h6,8,10-11,13,15-16,20,28-30H,1-5,7,9H2,(H2,21,24,25)/t13?,15-,16-,20?/m1/s1. The Bertz CT molecular complexity index is 1060. The molecule has 1 aliphatic heterocycles. The molecule has 166 valence electrons. The molecule has 2 unspecified atom stereocenters. The van der Waals surface area contributed by atoms with Gasteiger partial charge < -0.3 is 25.8 Å². The normalized spacial score (nSPS) is 27.3. The number of rotatable bonds is 5. The van der Waals surface area contributed by atoms with E-state index in [9.17, 15) is 15.3 Å². The summed E-state index contributed by atoms with van der Waals surface area (Å²) in [5.74, 6) is 1.24. The number of nitrogens with zero attached hydrogens (tertiary/aromatic N) is 6. The molecule has 11 nitrogen and oxygen atoms in total. The molecule has 4 atom stereocenters. The van der Waals surface area contributed by atoms with E-state index in [1.807, 2.05) is 10.9 Å². The maximum atomic E-state index is 10.4. The van der Waals surface area contributed by atoms with E-state index >= 15 is 0 Å². The highest BCUT2D eigenvalue weighted by atomic mass is 16.6. The molecule has 0 radical (unpaired) electrons. The van der Waals surface area contributed by atoms with E-state index in [2.05, 4.69) is 20.1 Å². The molecule has 3 aromatic heterocycles. The number of aromatic nitrogens is 6. The Morgan fingerprint density at radius 1 is 1.13 bits per heavy atom. The fourth-order valence-electron chi connectivity index (χ4n) is 4.58. The Balaban J connectivity index is 1.45. The number of hydrogen-bond acceptors (Lipinski definition) is 9. The summed E-state index contributed by atoms with van der Waals surface area (Å²) in [6, 6.07) is 0. The van der Waals surface area contributed by atoms with E-state index in [0.29, 0.717) is 22.9 Å². The van der Waals surface area contributed by atoms with Gasteiger partial charge in [-0.2, -0.15) is 5.10 Å². The third-order valence-corrected chi connectivity index (χ3v) is 6.30. The van der Waals surface area contributed by atoms with Gasteiger partial charge >= 0.3 is 0 Å². The average Bonchev–Trinajstić information content (AvgIpc) is 3.48. The van der Waals surface area contributed by atoms with Crippen LogP contribution < -0.4 is 5.73 Å². The van der Waals surface area contributed by atoms with Crippen molar-refractivity contribution in [1.29, 1.82) is 0 Å². The minimum absolute atomic E-state index is 0.200. The van der Waals surface area contributed by atoms with Crippen molar-refractivity contribution in [3.05, 3.63) is 18.7 Å². The fourth-order valence-corrected chi connectivity index (χ4v) is 4.58. The van der Waals surface area contributed by atoms with E-state index in [4.69, 9.17) is 10.5 Å². The maximum absolute atomic E-state index is 10.4. The average molecular weight is 429 g/mol. The number of nitrogen functional groups attached to an aromatic ring is 1. The van der Waals surface area contributed by atoms with Crippen LogP contribution in [0.1, 0.15) is 38.3 Å². The monoisotopic (exact) mass is 429 g/mol. The van der Waals surface area contributed by atoms with Crippen LogP contribution in [0.4, 0.5) is 5.82 Å². The Labute approximate surface area is 178 Å². The number of aliphatic hydroxyl groups is 3. The van der Waals surface area contributed by atoms with Crippen LogP contribution in [0.25, 0.3) is 22.6 Å². The van der Waals surface area contributed by atoms with Gasteiger partial charge in [-0.05, 0) is 18.8 Å². The minimum atomic E-state index is -1.24. The molecule has 4 heterocycles. The van der Waals surface area contributed by atoms with Crippen LogP contribution in [0.3, 0.4) is 0 Å². The molecule has 0 bridgehead atoms. The summed E-state index contributed by atoms with van der Waals surface area (Å²) in [4.78, 5) is 13.2. The molecular formula is C20H27N7O4. The molecule has 2 aliphatic rings. The zero-order valence-corrected chi connectivity index (χ0v) is 17.1. The first-order valence-electron chi connectivity index (χ1n) is 10.7. The highest BCUT2D eigenvalue weighted by molar-refractivity contribution is 5.83. The molecule has 1 saturated carbocycles. The van der Waals surface area contributed by atoms with Crippen molar-refractivity contribution in [2.45, 2.75) is 63.2 Å². The highest BCUT2D eigenvalue weighted by Gasteiger charge is 2.44. The van der Waals surface area contributed by atoms with E-state index in [1.54, 1.807) is 6.20 Å². The molecule has 0 amide bonds. The fraction of sp³-hybridized carbons (Fsp3) is 0.600. The van der Waals surface area contributed by atoms with E-state index in [-0.39, 0.29) is 5.82 Å². The van der Waals surface area contributed by atoms with Crippen LogP contribution in [-0.2, 0) is 11.3 Å². The second-order valence-electron chi connectivity index (χ2n) is 8.44. The van der Waals surface area contributed by atoms with Crippen LogP contribution >= 0.6 is 0 Å².